The van der Waals surface area contributed by atoms with Gasteiger partial charge in [-0.25, -0.2) is 0 Å². The van der Waals surface area contributed by atoms with Crippen molar-refractivity contribution in [3.05, 3.63) is 0 Å². The number of hydrogen-bond acceptors (Lipinski definition) is 1. The first-order valence-corrected chi connectivity index (χ1v) is 7.88. The third kappa shape index (κ3) is 1.41. The summed E-state index contributed by atoms with van der Waals surface area (Å²) < 4.78 is 0. The second-order valence-electron chi connectivity index (χ2n) is 7.76. The molecule has 5 rings (SSSR count). The number of hydrogen-bond donors (Lipinski definition) is 1. The summed E-state index contributed by atoms with van der Waals surface area (Å²) in [6.45, 7) is 2.28. The first kappa shape index (κ1) is 10.8. The SMILES string of the molecule is CCC1C(O)CC1C12CC3CC(CC(C3)C1)C2. The maximum atomic E-state index is 9.98. The number of aliphatic hydroxyl groups is 1. The topological polar surface area (TPSA) is 20.2 Å². The number of rotatable bonds is 2. The average Bonchev–Trinajstić information content (AvgIpc) is 2.24. The minimum absolute atomic E-state index is 0.0398. The molecule has 96 valence electrons. The molecule has 1 N–H and O–H groups in total. The molecule has 0 spiro atoms. The van der Waals surface area contributed by atoms with Gasteiger partial charge in [0.15, 0.2) is 0 Å². The molecule has 0 aliphatic heterocycles. The molecule has 5 saturated carbocycles. The predicted molar refractivity (Wildman–Crippen MR) is 68.5 cm³/mol. The van der Waals surface area contributed by atoms with E-state index in [0.717, 1.165) is 30.1 Å². The molecule has 1 nitrogen and oxygen atoms in total. The molecule has 0 aromatic carbocycles. The molecule has 3 unspecified atom stereocenters. The first-order valence-electron chi connectivity index (χ1n) is 7.88. The Kier molecular flexibility index (Phi) is 2.23. The zero-order valence-electron chi connectivity index (χ0n) is 11.1. The summed E-state index contributed by atoms with van der Waals surface area (Å²) in [6.07, 6.45) is 11.6. The molecule has 0 amide bonds. The van der Waals surface area contributed by atoms with Crippen LogP contribution in [0.1, 0.15) is 58.3 Å². The second-order valence-corrected chi connectivity index (χ2v) is 7.76. The van der Waals surface area contributed by atoms with Crippen LogP contribution in [0.25, 0.3) is 0 Å². The third-order valence-corrected chi connectivity index (χ3v) is 6.85. The van der Waals surface area contributed by atoms with Gasteiger partial charge in [-0.2, -0.15) is 0 Å². The van der Waals surface area contributed by atoms with Crippen molar-refractivity contribution in [3.63, 3.8) is 0 Å². The van der Waals surface area contributed by atoms with E-state index >= 15 is 0 Å². The van der Waals surface area contributed by atoms with Gasteiger partial charge in [0.1, 0.15) is 0 Å². The Balaban J connectivity index is 1.60. The van der Waals surface area contributed by atoms with Gasteiger partial charge in [0.05, 0.1) is 6.10 Å². The highest BCUT2D eigenvalue weighted by atomic mass is 16.3. The van der Waals surface area contributed by atoms with E-state index in [-0.39, 0.29) is 6.10 Å². The Morgan fingerprint density at radius 3 is 1.88 bits per heavy atom. The van der Waals surface area contributed by atoms with E-state index in [4.69, 9.17) is 0 Å². The fourth-order valence-corrected chi connectivity index (χ4v) is 6.57. The van der Waals surface area contributed by atoms with Crippen LogP contribution in [-0.4, -0.2) is 11.2 Å². The van der Waals surface area contributed by atoms with Crippen LogP contribution >= 0.6 is 0 Å². The molecule has 5 fully saturated rings. The van der Waals surface area contributed by atoms with Crippen LogP contribution in [-0.2, 0) is 0 Å². The summed E-state index contributed by atoms with van der Waals surface area (Å²) in [4.78, 5) is 0. The van der Waals surface area contributed by atoms with E-state index in [0.29, 0.717) is 11.3 Å². The van der Waals surface area contributed by atoms with Gasteiger partial charge >= 0.3 is 0 Å². The predicted octanol–water partition coefficient (Wildman–Crippen LogP) is 3.61. The van der Waals surface area contributed by atoms with E-state index < -0.39 is 0 Å². The van der Waals surface area contributed by atoms with E-state index in [2.05, 4.69) is 6.92 Å². The van der Waals surface area contributed by atoms with Gasteiger partial charge < -0.3 is 5.11 Å². The van der Waals surface area contributed by atoms with Crippen molar-refractivity contribution >= 4 is 0 Å². The molecule has 3 atom stereocenters. The average molecular weight is 234 g/mol. The minimum Gasteiger partial charge on any atom is -0.393 e. The van der Waals surface area contributed by atoms with E-state index in [1.807, 2.05) is 0 Å². The van der Waals surface area contributed by atoms with Gasteiger partial charge in [0, 0.05) is 0 Å². The standard InChI is InChI=1S/C16H26O/c1-2-13-14(6-15(13)17)16-7-10-3-11(8-16)5-12(4-10)9-16/h10-15,17H,2-9H2,1H3. The fourth-order valence-electron chi connectivity index (χ4n) is 6.57. The monoisotopic (exact) mass is 234 g/mol. The molecule has 5 aliphatic rings. The van der Waals surface area contributed by atoms with Gasteiger partial charge in [-0.05, 0) is 80.0 Å². The van der Waals surface area contributed by atoms with Crippen molar-refractivity contribution in [2.45, 2.75) is 64.4 Å². The maximum Gasteiger partial charge on any atom is 0.0574 e. The molecule has 0 aromatic heterocycles. The van der Waals surface area contributed by atoms with Gasteiger partial charge in [0.2, 0.25) is 0 Å². The molecule has 17 heavy (non-hydrogen) atoms. The maximum absolute atomic E-state index is 9.98. The van der Waals surface area contributed by atoms with E-state index in [1.54, 1.807) is 19.3 Å². The molecule has 0 radical (unpaired) electrons. The van der Waals surface area contributed by atoms with Crippen LogP contribution in [0, 0.1) is 35.0 Å². The van der Waals surface area contributed by atoms with Crippen LogP contribution < -0.4 is 0 Å². The van der Waals surface area contributed by atoms with E-state index in [9.17, 15) is 5.11 Å². The van der Waals surface area contributed by atoms with Crippen molar-refractivity contribution in [2.75, 3.05) is 0 Å². The van der Waals surface area contributed by atoms with Crippen LogP contribution in [0.2, 0.25) is 0 Å². The highest BCUT2D eigenvalue weighted by molar-refractivity contribution is 5.08. The fraction of sp³-hybridized carbons (Fsp3) is 1.00. The van der Waals surface area contributed by atoms with Gasteiger partial charge in [0.25, 0.3) is 0 Å². The third-order valence-electron chi connectivity index (χ3n) is 6.85. The summed E-state index contributed by atoms with van der Waals surface area (Å²) in [5, 5.41) is 9.98. The molecule has 1 heteroatoms. The lowest BCUT2D eigenvalue weighted by molar-refractivity contribution is -0.168. The summed E-state index contributed by atoms with van der Waals surface area (Å²) in [6, 6.07) is 0. The second kappa shape index (κ2) is 3.50. The quantitative estimate of drug-likeness (QED) is 0.774. The van der Waals surface area contributed by atoms with Crippen molar-refractivity contribution in [1.29, 1.82) is 0 Å². The zero-order chi connectivity index (χ0) is 11.6. The summed E-state index contributed by atoms with van der Waals surface area (Å²) in [5.74, 6) is 4.73. The lowest BCUT2D eigenvalue weighted by Gasteiger charge is -2.64. The summed E-state index contributed by atoms with van der Waals surface area (Å²) in [5.41, 5.74) is 0.689. The van der Waals surface area contributed by atoms with Crippen molar-refractivity contribution in [3.8, 4) is 0 Å². The molecule has 0 saturated heterocycles. The van der Waals surface area contributed by atoms with Crippen LogP contribution in [0.3, 0.4) is 0 Å². The highest BCUT2D eigenvalue weighted by Crippen LogP contribution is 2.66. The van der Waals surface area contributed by atoms with E-state index in [1.165, 1.54) is 25.7 Å². The molecule has 0 aromatic rings. The lowest BCUT2D eigenvalue weighted by atomic mass is 9.42. The normalized spacial score (nSPS) is 60.4. The number of aliphatic hydroxyl groups excluding tert-OH is 1. The van der Waals surface area contributed by atoms with Crippen molar-refractivity contribution in [1.82, 2.24) is 0 Å². The first-order chi connectivity index (χ1) is 8.20. The van der Waals surface area contributed by atoms with Crippen LogP contribution in [0.5, 0.6) is 0 Å². The smallest absolute Gasteiger partial charge is 0.0574 e. The minimum atomic E-state index is 0.0398. The zero-order valence-corrected chi connectivity index (χ0v) is 11.1. The molecule has 0 heterocycles. The van der Waals surface area contributed by atoms with Crippen molar-refractivity contribution < 1.29 is 5.11 Å². The Labute approximate surface area is 105 Å². The lowest BCUT2D eigenvalue weighted by Crippen LogP contribution is -2.57. The Morgan fingerprint density at radius 2 is 1.47 bits per heavy atom. The van der Waals surface area contributed by atoms with Crippen LogP contribution in [0.15, 0.2) is 0 Å². The Bertz CT molecular complexity index is 286. The summed E-state index contributed by atoms with van der Waals surface area (Å²) >= 11 is 0. The van der Waals surface area contributed by atoms with Gasteiger partial charge in [-0.1, -0.05) is 13.3 Å². The largest absolute Gasteiger partial charge is 0.393 e. The van der Waals surface area contributed by atoms with Crippen LogP contribution in [0.4, 0.5) is 0 Å². The summed E-state index contributed by atoms with van der Waals surface area (Å²) in [7, 11) is 0. The molecular weight excluding hydrogens is 208 g/mol. The molecule has 5 aliphatic carbocycles. The Morgan fingerprint density at radius 1 is 0.941 bits per heavy atom. The highest BCUT2D eigenvalue weighted by Gasteiger charge is 2.58. The van der Waals surface area contributed by atoms with Crippen molar-refractivity contribution in [2.24, 2.45) is 35.0 Å². The van der Waals surface area contributed by atoms with Gasteiger partial charge in [-0.15, -0.1) is 0 Å². The van der Waals surface area contributed by atoms with Gasteiger partial charge in [-0.3, -0.25) is 0 Å². The molecule has 4 bridgehead atoms. The Hall–Kier alpha value is -0.0400. The molecular formula is C16H26O.